The summed E-state index contributed by atoms with van der Waals surface area (Å²) >= 11 is 0. The fraction of sp³-hybridized carbons (Fsp3) is 0.304. The highest BCUT2D eigenvalue weighted by Gasteiger charge is 2.44. The van der Waals surface area contributed by atoms with Crippen molar-refractivity contribution in [2.75, 3.05) is 0 Å². The highest BCUT2D eigenvalue weighted by molar-refractivity contribution is 5.84. The summed E-state index contributed by atoms with van der Waals surface area (Å²) in [4.78, 5) is 25.8. The van der Waals surface area contributed by atoms with Gasteiger partial charge in [0.25, 0.3) is 5.56 Å². The first-order valence-corrected chi connectivity index (χ1v) is 10.3. The molecule has 0 radical (unpaired) electrons. The molecule has 0 atom stereocenters. The maximum absolute atomic E-state index is 13.4. The van der Waals surface area contributed by atoms with Crippen LogP contribution < -0.4 is 5.56 Å². The van der Waals surface area contributed by atoms with Crippen LogP contribution in [0.5, 0.6) is 0 Å². The van der Waals surface area contributed by atoms with Gasteiger partial charge in [-0.2, -0.15) is 0 Å². The highest BCUT2D eigenvalue weighted by Crippen LogP contribution is 2.42. The third-order valence-corrected chi connectivity index (χ3v) is 6.27. The lowest BCUT2D eigenvalue weighted by Crippen LogP contribution is -2.34. The predicted molar refractivity (Wildman–Crippen MR) is 112 cm³/mol. The lowest BCUT2D eigenvalue weighted by molar-refractivity contribution is -0.152. The highest BCUT2D eigenvalue weighted by atomic mass is 19.1. The van der Waals surface area contributed by atoms with Crippen molar-refractivity contribution in [2.45, 2.75) is 37.7 Å². The maximum atomic E-state index is 13.4. The second-order valence-electron chi connectivity index (χ2n) is 8.01. The van der Waals surface area contributed by atoms with Crippen LogP contribution in [0.2, 0.25) is 0 Å². The number of nitrogens with zero attached hydrogens (tertiary/aromatic N) is 4. The smallest absolute Gasteiger partial charge is 0.317 e. The Bertz CT molecular complexity index is 1350. The number of aryl methyl sites for hydroxylation is 1. The summed E-state index contributed by atoms with van der Waals surface area (Å²) in [7, 11) is 1.64. The van der Waals surface area contributed by atoms with Crippen LogP contribution in [0.25, 0.3) is 16.7 Å². The number of ether oxygens (including phenoxy) is 1. The van der Waals surface area contributed by atoms with E-state index in [0.717, 1.165) is 18.4 Å². The number of aromatic nitrogens is 4. The molecule has 0 spiro atoms. The molecular formula is C23H21FN4O3. The third kappa shape index (κ3) is 3.01. The maximum Gasteiger partial charge on any atom is 0.317 e. The molecule has 8 heteroatoms. The van der Waals surface area contributed by atoms with Gasteiger partial charge in [0.1, 0.15) is 5.82 Å². The van der Waals surface area contributed by atoms with Crippen molar-refractivity contribution in [3.8, 4) is 0 Å². The van der Waals surface area contributed by atoms with Crippen molar-refractivity contribution in [1.29, 1.82) is 0 Å². The Labute approximate surface area is 177 Å². The zero-order valence-electron chi connectivity index (χ0n) is 17.0. The zero-order valence-corrected chi connectivity index (χ0v) is 17.0. The normalized spacial score (nSPS) is 15.5. The van der Waals surface area contributed by atoms with E-state index in [0.29, 0.717) is 35.3 Å². The minimum Gasteiger partial charge on any atom is -0.457 e. The van der Waals surface area contributed by atoms with Gasteiger partial charge in [-0.1, -0.05) is 37.1 Å². The summed E-state index contributed by atoms with van der Waals surface area (Å²) in [5, 5.41) is 8.84. The minimum atomic E-state index is -0.775. The monoisotopic (exact) mass is 420 g/mol. The molecule has 1 saturated carbocycles. The number of esters is 1. The van der Waals surface area contributed by atoms with Crippen molar-refractivity contribution in [1.82, 2.24) is 19.2 Å². The molecular weight excluding hydrogens is 399 g/mol. The average Bonchev–Trinajstić information content (AvgIpc) is 3.45. The molecule has 2 heterocycles. The number of para-hydroxylation sites is 1. The van der Waals surface area contributed by atoms with Gasteiger partial charge in [-0.3, -0.25) is 18.6 Å². The van der Waals surface area contributed by atoms with Crippen LogP contribution in [0, 0.1) is 5.82 Å². The van der Waals surface area contributed by atoms with Crippen molar-refractivity contribution in [2.24, 2.45) is 7.05 Å². The van der Waals surface area contributed by atoms with Gasteiger partial charge in [-0.05, 0) is 42.7 Å². The van der Waals surface area contributed by atoms with Crippen LogP contribution >= 0.6 is 0 Å². The molecule has 0 saturated heterocycles. The molecule has 2 aromatic carbocycles. The molecule has 1 aliphatic carbocycles. The number of carbonyl (C=O) groups excluding carboxylic acids is 1. The van der Waals surface area contributed by atoms with Gasteiger partial charge < -0.3 is 4.74 Å². The van der Waals surface area contributed by atoms with E-state index in [1.165, 1.54) is 16.7 Å². The number of rotatable bonds is 4. The van der Waals surface area contributed by atoms with Crippen LogP contribution in [0.3, 0.4) is 0 Å². The van der Waals surface area contributed by atoms with Crippen molar-refractivity contribution in [3.05, 3.63) is 76.1 Å². The van der Waals surface area contributed by atoms with Crippen LogP contribution in [0.4, 0.5) is 4.39 Å². The first-order valence-electron chi connectivity index (χ1n) is 10.3. The van der Waals surface area contributed by atoms with Gasteiger partial charge in [0.2, 0.25) is 5.78 Å². The van der Waals surface area contributed by atoms with E-state index in [9.17, 15) is 14.0 Å². The molecule has 0 bridgehead atoms. The largest absolute Gasteiger partial charge is 0.457 e. The molecule has 0 N–H and O–H groups in total. The number of fused-ring (bicyclic) bond motifs is 3. The SMILES string of the molecule is Cn1c(=O)c2ccccc2n2c(COC(=O)C3(c4ccc(F)cc4)CCCC3)nnc12. The molecule has 4 aromatic rings. The summed E-state index contributed by atoms with van der Waals surface area (Å²) in [5.41, 5.74) is 0.490. The molecule has 31 heavy (non-hydrogen) atoms. The molecule has 1 fully saturated rings. The van der Waals surface area contributed by atoms with E-state index in [4.69, 9.17) is 4.74 Å². The van der Waals surface area contributed by atoms with E-state index in [-0.39, 0.29) is 24.0 Å². The molecule has 0 amide bonds. The lowest BCUT2D eigenvalue weighted by atomic mass is 9.79. The fourth-order valence-corrected chi connectivity index (χ4v) is 4.61. The van der Waals surface area contributed by atoms with Crippen molar-refractivity contribution < 1.29 is 13.9 Å². The topological polar surface area (TPSA) is 78.5 Å². The van der Waals surface area contributed by atoms with Gasteiger partial charge in [0.05, 0.1) is 16.3 Å². The van der Waals surface area contributed by atoms with Gasteiger partial charge in [-0.25, -0.2) is 4.39 Å². The quantitative estimate of drug-likeness (QED) is 0.474. The van der Waals surface area contributed by atoms with Crippen LogP contribution in [-0.4, -0.2) is 25.1 Å². The Morgan fingerprint density at radius 2 is 1.81 bits per heavy atom. The Kier molecular flexibility index (Phi) is 4.57. The number of hydrogen-bond acceptors (Lipinski definition) is 5. The standard InChI is InChI=1S/C23H21FN4O3/c1-27-20(29)17-6-2-3-7-18(17)28-19(25-26-22(27)28)14-31-21(30)23(12-4-5-13-23)15-8-10-16(24)11-9-15/h2-3,6-11H,4-5,12-14H2,1H3. The molecule has 158 valence electrons. The lowest BCUT2D eigenvalue weighted by Gasteiger charge is -2.27. The molecule has 5 rings (SSSR count). The van der Waals surface area contributed by atoms with E-state index >= 15 is 0 Å². The van der Waals surface area contributed by atoms with Crippen LogP contribution in [-0.2, 0) is 28.6 Å². The summed E-state index contributed by atoms with van der Waals surface area (Å²) in [5.74, 6) is 0.131. The predicted octanol–water partition coefficient (Wildman–Crippen LogP) is 3.28. The molecule has 0 unspecified atom stereocenters. The minimum absolute atomic E-state index is 0.0782. The van der Waals surface area contributed by atoms with E-state index < -0.39 is 5.41 Å². The Morgan fingerprint density at radius 3 is 2.55 bits per heavy atom. The van der Waals surface area contributed by atoms with Gasteiger partial charge in [-0.15, -0.1) is 10.2 Å². The summed E-state index contributed by atoms with van der Waals surface area (Å²) in [6.45, 7) is -0.0782. The first kappa shape index (κ1) is 19.4. The van der Waals surface area contributed by atoms with Crippen LogP contribution in [0.1, 0.15) is 37.1 Å². The summed E-state index contributed by atoms with van der Waals surface area (Å²) in [6, 6.07) is 13.3. The van der Waals surface area contributed by atoms with E-state index in [1.54, 1.807) is 35.7 Å². The van der Waals surface area contributed by atoms with Crippen LogP contribution in [0.15, 0.2) is 53.3 Å². The zero-order chi connectivity index (χ0) is 21.6. The fourth-order valence-electron chi connectivity index (χ4n) is 4.61. The Morgan fingerprint density at radius 1 is 1.10 bits per heavy atom. The number of hydrogen-bond donors (Lipinski definition) is 0. The molecule has 2 aromatic heterocycles. The Balaban J connectivity index is 1.50. The first-order chi connectivity index (χ1) is 15.0. The van der Waals surface area contributed by atoms with E-state index in [1.807, 2.05) is 12.1 Å². The molecule has 7 nitrogen and oxygen atoms in total. The number of halogens is 1. The van der Waals surface area contributed by atoms with Crippen molar-refractivity contribution >= 4 is 22.6 Å². The summed E-state index contributed by atoms with van der Waals surface area (Å²) < 4.78 is 22.3. The van der Waals surface area contributed by atoms with Gasteiger partial charge >= 0.3 is 5.97 Å². The number of carbonyl (C=O) groups is 1. The average molecular weight is 420 g/mol. The Hall–Kier alpha value is -3.55. The molecule has 0 aliphatic heterocycles. The summed E-state index contributed by atoms with van der Waals surface area (Å²) in [6.07, 6.45) is 3.14. The van der Waals surface area contributed by atoms with Crippen molar-refractivity contribution in [3.63, 3.8) is 0 Å². The number of benzene rings is 2. The van der Waals surface area contributed by atoms with E-state index in [2.05, 4.69) is 10.2 Å². The second-order valence-corrected chi connectivity index (χ2v) is 8.01. The van der Waals surface area contributed by atoms with Gasteiger partial charge in [0.15, 0.2) is 12.4 Å². The molecule has 1 aliphatic rings. The third-order valence-electron chi connectivity index (χ3n) is 6.27. The second kappa shape index (κ2) is 7.30. The van der Waals surface area contributed by atoms with Gasteiger partial charge in [0, 0.05) is 7.05 Å².